The molecule has 1 aliphatic heterocycles. The van der Waals surface area contributed by atoms with Crippen LogP contribution in [0.5, 0.6) is 0 Å². The highest BCUT2D eigenvalue weighted by atomic mass is 16.2. The summed E-state index contributed by atoms with van der Waals surface area (Å²) in [5, 5.41) is 2.83. The van der Waals surface area contributed by atoms with Gasteiger partial charge in [0.15, 0.2) is 0 Å². The van der Waals surface area contributed by atoms with Crippen LogP contribution >= 0.6 is 0 Å². The maximum absolute atomic E-state index is 12.5. The third-order valence-corrected chi connectivity index (χ3v) is 4.20. The summed E-state index contributed by atoms with van der Waals surface area (Å²) in [6.07, 6.45) is 3.86. The summed E-state index contributed by atoms with van der Waals surface area (Å²) in [7, 11) is 0. The molecular weight excluding hydrogens is 216 g/mol. The molecule has 1 aliphatic carbocycles. The molecule has 0 spiro atoms. The van der Waals surface area contributed by atoms with E-state index in [9.17, 15) is 9.59 Å². The second-order valence-corrected chi connectivity index (χ2v) is 6.06. The Morgan fingerprint density at radius 2 is 1.88 bits per heavy atom. The second kappa shape index (κ2) is 3.72. The van der Waals surface area contributed by atoms with Crippen molar-refractivity contribution in [2.45, 2.75) is 70.5 Å². The third kappa shape index (κ3) is 1.74. The van der Waals surface area contributed by atoms with Crippen molar-refractivity contribution in [2.75, 3.05) is 0 Å². The van der Waals surface area contributed by atoms with Crippen LogP contribution in [0.1, 0.15) is 53.4 Å². The molecule has 2 rings (SSSR count). The van der Waals surface area contributed by atoms with Crippen LogP contribution in [0, 0.1) is 0 Å². The average Bonchev–Trinajstić information content (AvgIpc) is 2.19. The van der Waals surface area contributed by atoms with Crippen LogP contribution in [0.25, 0.3) is 0 Å². The normalized spacial score (nSPS) is 30.8. The molecule has 2 amide bonds. The first kappa shape index (κ1) is 12.4. The molecule has 0 aromatic rings. The number of amides is 2. The molecule has 1 saturated heterocycles. The van der Waals surface area contributed by atoms with Crippen molar-refractivity contribution in [1.29, 1.82) is 0 Å². The summed E-state index contributed by atoms with van der Waals surface area (Å²) in [6, 6.07) is -0.291. The molecule has 4 heteroatoms. The van der Waals surface area contributed by atoms with E-state index < -0.39 is 5.54 Å². The minimum absolute atomic E-state index is 0.00905. The van der Waals surface area contributed by atoms with E-state index >= 15 is 0 Å². The highest BCUT2D eigenvalue weighted by Crippen LogP contribution is 2.41. The topological polar surface area (TPSA) is 49.4 Å². The summed E-state index contributed by atoms with van der Waals surface area (Å²) in [5.74, 6) is 0.0522. The van der Waals surface area contributed by atoms with Crippen molar-refractivity contribution in [3.63, 3.8) is 0 Å². The molecule has 1 heterocycles. The van der Waals surface area contributed by atoms with Crippen LogP contribution in [-0.2, 0) is 9.59 Å². The largest absolute Gasteiger partial charge is 0.340 e. The van der Waals surface area contributed by atoms with Crippen LogP contribution in [0.15, 0.2) is 0 Å². The zero-order chi connectivity index (χ0) is 12.8. The van der Waals surface area contributed by atoms with Crippen LogP contribution in [0.2, 0.25) is 0 Å². The number of hydrogen-bond donors (Lipinski definition) is 1. The van der Waals surface area contributed by atoms with E-state index in [4.69, 9.17) is 0 Å². The van der Waals surface area contributed by atoms with Gasteiger partial charge in [0.1, 0.15) is 11.6 Å². The van der Waals surface area contributed by atoms with Gasteiger partial charge in [-0.2, -0.15) is 0 Å². The Bertz CT molecular complexity index is 358. The molecule has 1 N–H and O–H groups in total. The molecule has 0 aromatic heterocycles. The Hall–Kier alpha value is -1.06. The van der Waals surface area contributed by atoms with E-state index in [-0.39, 0.29) is 23.4 Å². The highest BCUT2D eigenvalue weighted by Gasteiger charge is 2.52. The van der Waals surface area contributed by atoms with Gasteiger partial charge in [0.25, 0.3) is 0 Å². The Balaban J connectivity index is 2.36. The summed E-state index contributed by atoms with van der Waals surface area (Å²) in [4.78, 5) is 26.4. The zero-order valence-electron chi connectivity index (χ0n) is 11.2. The Kier molecular flexibility index (Phi) is 2.71. The quantitative estimate of drug-likeness (QED) is 0.791. The molecule has 2 aliphatic rings. The van der Waals surface area contributed by atoms with Gasteiger partial charge in [-0.15, -0.1) is 0 Å². The van der Waals surface area contributed by atoms with Gasteiger partial charge in [-0.1, -0.05) is 6.92 Å². The van der Waals surface area contributed by atoms with E-state index in [0.717, 1.165) is 19.3 Å². The minimum Gasteiger partial charge on any atom is -0.340 e. The van der Waals surface area contributed by atoms with Gasteiger partial charge in [-0.05, 0) is 46.5 Å². The number of rotatable bonds is 2. The van der Waals surface area contributed by atoms with Crippen molar-refractivity contribution in [3.8, 4) is 0 Å². The zero-order valence-corrected chi connectivity index (χ0v) is 11.2. The molecule has 2 fully saturated rings. The predicted molar refractivity (Wildman–Crippen MR) is 65.4 cm³/mol. The monoisotopic (exact) mass is 238 g/mol. The first-order valence-corrected chi connectivity index (χ1v) is 6.47. The van der Waals surface area contributed by atoms with Gasteiger partial charge in [0.05, 0.1) is 0 Å². The number of nitrogens with zero attached hydrogens (tertiary/aromatic N) is 1. The summed E-state index contributed by atoms with van der Waals surface area (Å²) in [6.45, 7) is 7.64. The molecule has 0 bridgehead atoms. The molecule has 96 valence electrons. The molecular formula is C13H22N2O2. The lowest BCUT2D eigenvalue weighted by atomic mass is 9.74. The first-order chi connectivity index (χ1) is 7.82. The molecule has 0 aromatic carbocycles. The third-order valence-electron chi connectivity index (χ3n) is 4.20. The van der Waals surface area contributed by atoms with Crippen molar-refractivity contribution in [1.82, 2.24) is 10.2 Å². The van der Waals surface area contributed by atoms with E-state index in [2.05, 4.69) is 12.2 Å². The SMILES string of the molecule is CCC1C(=O)NC(C)(C)C(=O)N1C1(C)CCC1. The summed E-state index contributed by atoms with van der Waals surface area (Å²) in [5.41, 5.74) is -0.867. The van der Waals surface area contributed by atoms with Gasteiger partial charge in [-0.3, -0.25) is 9.59 Å². The van der Waals surface area contributed by atoms with E-state index in [1.54, 1.807) is 13.8 Å². The number of carbonyl (C=O) groups is 2. The lowest BCUT2D eigenvalue weighted by molar-refractivity contribution is -0.165. The van der Waals surface area contributed by atoms with Gasteiger partial charge in [0, 0.05) is 5.54 Å². The molecule has 4 nitrogen and oxygen atoms in total. The van der Waals surface area contributed by atoms with Crippen LogP contribution < -0.4 is 5.32 Å². The summed E-state index contributed by atoms with van der Waals surface area (Å²) < 4.78 is 0. The standard InChI is InChI=1S/C13H22N2O2/c1-5-9-10(16)14-12(2,3)11(17)15(9)13(4)7-6-8-13/h9H,5-8H2,1-4H3,(H,14,16). The molecule has 1 unspecified atom stereocenters. The Labute approximate surface area is 103 Å². The second-order valence-electron chi connectivity index (χ2n) is 6.06. The van der Waals surface area contributed by atoms with E-state index in [0.29, 0.717) is 6.42 Å². The molecule has 1 atom stereocenters. The van der Waals surface area contributed by atoms with Crippen molar-refractivity contribution >= 4 is 11.8 Å². The number of hydrogen-bond acceptors (Lipinski definition) is 2. The fraction of sp³-hybridized carbons (Fsp3) is 0.846. The highest BCUT2D eigenvalue weighted by molar-refractivity contribution is 5.99. The van der Waals surface area contributed by atoms with Crippen LogP contribution in [0.4, 0.5) is 0 Å². The van der Waals surface area contributed by atoms with E-state index in [1.165, 1.54) is 0 Å². The number of nitrogens with one attached hydrogen (secondary N) is 1. The Morgan fingerprint density at radius 3 is 2.29 bits per heavy atom. The fourth-order valence-corrected chi connectivity index (χ4v) is 2.92. The minimum atomic E-state index is -0.763. The molecule has 1 saturated carbocycles. The fourth-order valence-electron chi connectivity index (χ4n) is 2.92. The van der Waals surface area contributed by atoms with Crippen LogP contribution in [-0.4, -0.2) is 33.8 Å². The number of piperazine rings is 1. The predicted octanol–water partition coefficient (Wildman–Crippen LogP) is 1.44. The Morgan fingerprint density at radius 1 is 1.29 bits per heavy atom. The van der Waals surface area contributed by atoms with E-state index in [1.807, 2.05) is 11.8 Å². The van der Waals surface area contributed by atoms with Crippen LogP contribution in [0.3, 0.4) is 0 Å². The maximum Gasteiger partial charge on any atom is 0.248 e. The lowest BCUT2D eigenvalue weighted by Gasteiger charge is -2.55. The maximum atomic E-state index is 12.5. The molecule has 0 radical (unpaired) electrons. The van der Waals surface area contributed by atoms with Crippen molar-refractivity contribution in [2.24, 2.45) is 0 Å². The molecule has 17 heavy (non-hydrogen) atoms. The number of carbonyl (C=O) groups excluding carboxylic acids is 2. The van der Waals surface area contributed by atoms with Gasteiger partial charge in [0.2, 0.25) is 11.8 Å². The van der Waals surface area contributed by atoms with Crippen molar-refractivity contribution < 1.29 is 9.59 Å². The first-order valence-electron chi connectivity index (χ1n) is 6.47. The van der Waals surface area contributed by atoms with Gasteiger partial charge < -0.3 is 10.2 Å². The van der Waals surface area contributed by atoms with Gasteiger partial charge in [-0.25, -0.2) is 0 Å². The summed E-state index contributed by atoms with van der Waals surface area (Å²) >= 11 is 0. The smallest absolute Gasteiger partial charge is 0.248 e. The lowest BCUT2D eigenvalue weighted by Crippen LogP contribution is -2.73. The average molecular weight is 238 g/mol. The van der Waals surface area contributed by atoms with Gasteiger partial charge >= 0.3 is 0 Å². The van der Waals surface area contributed by atoms with Crippen molar-refractivity contribution in [3.05, 3.63) is 0 Å².